The number of ketones is 1. The predicted molar refractivity (Wildman–Crippen MR) is 77.8 cm³/mol. The van der Waals surface area contributed by atoms with Gasteiger partial charge < -0.3 is 4.74 Å². The normalized spacial score (nSPS) is 14.4. The minimum atomic E-state index is -3.31. The van der Waals surface area contributed by atoms with Gasteiger partial charge in [0.15, 0.2) is 5.78 Å². The van der Waals surface area contributed by atoms with Gasteiger partial charge in [-0.1, -0.05) is 0 Å². The second-order valence-electron chi connectivity index (χ2n) is 4.88. The molecule has 0 unspecified atom stereocenters. The number of methoxy groups -OCH3 is 1. The quantitative estimate of drug-likeness (QED) is 0.591. The first-order chi connectivity index (χ1) is 9.45. The molecule has 0 N–H and O–H groups in total. The van der Waals surface area contributed by atoms with Crippen LogP contribution >= 0.6 is 0 Å². The highest BCUT2D eigenvalue weighted by Gasteiger charge is 2.29. The number of Topliss-reactive ketones (excluding diaryl/α,β-unsaturated/α-hetero) is 1. The lowest BCUT2D eigenvalue weighted by atomic mass is 10.1. The number of benzene rings is 1. The van der Waals surface area contributed by atoms with E-state index in [0.717, 1.165) is 5.56 Å². The van der Waals surface area contributed by atoms with Crippen molar-refractivity contribution in [2.75, 3.05) is 30.3 Å². The van der Waals surface area contributed by atoms with Crippen LogP contribution in [0, 0.1) is 0 Å². The van der Waals surface area contributed by atoms with Crippen molar-refractivity contribution in [2.24, 2.45) is 0 Å². The van der Waals surface area contributed by atoms with Gasteiger partial charge in [0.1, 0.15) is 0 Å². The molecule has 1 aliphatic rings. The minimum absolute atomic E-state index is 0.00537. The number of sulfonamides is 1. The Bertz CT molecular complexity index is 610. The van der Waals surface area contributed by atoms with Crippen LogP contribution in [0.5, 0.6) is 0 Å². The van der Waals surface area contributed by atoms with Crippen LogP contribution in [0.2, 0.25) is 0 Å². The molecule has 20 heavy (non-hydrogen) atoms. The molecular formula is C14H19NO4S. The van der Waals surface area contributed by atoms with Gasteiger partial charge in [0.25, 0.3) is 0 Å². The van der Waals surface area contributed by atoms with Crippen molar-refractivity contribution in [1.29, 1.82) is 0 Å². The predicted octanol–water partition coefficient (Wildman–Crippen LogP) is 1.62. The fraction of sp³-hybridized carbons (Fsp3) is 0.500. The fourth-order valence-corrected chi connectivity index (χ4v) is 3.93. The summed E-state index contributed by atoms with van der Waals surface area (Å²) in [5.74, 6) is 0.0727. The molecule has 0 spiro atoms. The van der Waals surface area contributed by atoms with Crippen LogP contribution in [0.25, 0.3) is 0 Å². The van der Waals surface area contributed by atoms with Crippen molar-refractivity contribution in [3.05, 3.63) is 29.3 Å². The van der Waals surface area contributed by atoms with Gasteiger partial charge in [-0.05, 0) is 43.5 Å². The van der Waals surface area contributed by atoms with E-state index in [1.54, 1.807) is 25.3 Å². The second-order valence-corrected chi connectivity index (χ2v) is 6.90. The molecule has 0 amide bonds. The zero-order chi connectivity index (χ0) is 14.8. The van der Waals surface area contributed by atoms with Crippen LogP contribution in [0.1, 0.15) is 29.3 Å². The number of fused-ring (bicyclic) bond motifs is 1. The number of hydrogen-bond acceptors (Lipinski definition) is 4. The van der Waals surface area contributed by atoms with Crippen LogP contribution in [-0.2, 0) is 21.2 Å². The summed E-state index contributed by atoms with van der Waals surface area (Å²) >= 11 is 0. The smallest absolute Gasteiger partial charge is 0.235 e. The molecule has 0 aliphatic carbocycles. The van der Waals surface area contributed by atoms with Crippen molar-refractivity contribution in [3.8, 4) is 0 Å². The van der Waals surface area contributed by atoms with Crippen molar-refractivity contribution in [2.45, 2.75) is 19.8 Å². The molecule has 0 atom stereocenters. The fourth-order valence-electron chi connectivity index (χ4n) is 2.38. The van der Waals surface area contributed by atoms with Gasteiger partial charge in [0.2, 0.25) is 10.0 Å². The average molecular weight is 297 g/mol. The highest BCUT2D eigenvalue weighted by Crippen LogP contribution is 2.31. The average Bonchev–Trinajstić information content (AvgIpc) is 2.82. The van der Waals surface area contributed by atoms with Gasteiger partial charge in [-0.15, -0.1) is 0 Å². The molecule has 5 nitrogen and oxygen atoms in total. The molecular weight excluding hydrogens is 278 g/mol. The number of rotatable bonds is 6. The van der Waals surface area contributed by atoms with Gasteiger partial charge in [-0.2, -0.15) is 0 Å². The Labute approximate surface area is 119 Å². The van der Waals surface area contributed by atoms with E-state index in [2.05, 4.69) is 0 Å². The maximum absolute atomic E-state index is 12.3. The summed E-state index contributed by atoms with van der Waals surface area (Å²) in [7, 11) is -1.75. The second kappa shape index (κ2) is 5.93. The van der Waals surface area contributed by atoms with Crippen molar-refractivity contribution >= 4 is 21.5 Å². The van der Waals surface area contributed by atoms with Gasteiger partial charge in [0, 0.05) is 25.8 Å². The van der Waals surface area contributed by atoms with Gasteiger partial charge in [-0.3, -0.25) is 9.10 Å². The van der Waals surface area contributed by atoms with Crippen LogP contribution in [0.15, 0.2) is 18.2 Å². The van der Waals surface area contributed by atoms with Gasteiger partial charge in [-0.25, -0.2) is 8.42 Å². The SMILES string of the molecule is COCCCS(=O)(=O)N1CCc2cc(C(C)=O)ccc21. The molecule has 1 aliphatic heterocycles. The van der Waals surface area contributed by atoms with E-state index < -0.39 is 10.0 Å². The maximum atomic E-state index is 12.3. The van der Waals surface area contributed by atoms with Crippen molar-refractivity contribution in [1.82, 2.24) is 0 Å². The molecule has 1 heterocycles. The van der Waals surface area contributed by atoms with Crippen LogP contribution in [0.4, 0.5) is 5.69 Å². The van der Waals surface area contributed by atoms with Crippen LogP contribution in [-0.4, -0.2) is 40.2 Å². The molecule has 0 aromatic heterocycles. The number of anilines is 1. The minimum Gasteiger partial charge on any atom is -0.385 e. The lowest BCUT2D eigenvalue weighted by Crippen LogP contribution is -2.31. The molecule has 0 saturated carbocycles. The highest BCUT2D eigenvalue weighted by atomic mass is 32.2. The Morgan fingerprint density at radius 2 is 2.15 bits per heavy atom. The number of ether oxygens (including phenoxy) is 1. The summed E-state index contributed by atoms with van der Waals surface area (Å²) in [6, 6.07) is 5.21. The highest BCUT2D eigenvalue weighted by molar-refractivity contribution is 7.92. The first-order valence-electron chi connectivity index (χ1n) is 6.59. The molecule has 6 heteroatoms. The Balaban J connectivity index is 2.21. The van der Waals surface area contributed by atoms with Gasteiger partial charge >= 0.3 is 0 Å². The van der Waals surface area contributed by atoms with E-state index >= 15 is 0 Å². The van der Waals surface area contributed by atoms with E-state index in [0.29, 0.717) is 37.2 Å². The number of carbonyl (C=O) groups excluding carboxylic acids is 1. The summed E-state index contributed by atoms with van der Waals surface area (Å²) in [6.45, 7) is 2.39. The van der Waals surface area contributed by atoms with Crippen LogP contribution < -0.4 is 4.31 Å². The Morgan fingerprint density at radius 3 is 2.80 bits per heavy atom. The number of hydrogen-bond donors (Lipinski definition) is 0. The molecule has 0 radical (unpaired) electrons. The molecule has 2 rings (SSSR count). The maximum Gasteiger partial charge on any atom is 0.235 e. The largest absolute Gasteiger partial charge is 0.385 e. The molecule has 0 bridgehead atoms. The first-order valence-corrected chi connectivity index (χ1v) is 8.20. The molecule has 1 aromatic rings. The van der Waals surface area contributed by atoms with E-state index in [9.17, 15) is 13.2 Å². The van der Waals surface area contributed by atoms with Crippen molar-refractivity contribution < 1.29 is 17.9 Å². The molecule has 0 saturated heterocycles. The summed E-state index contributed by atoms with van der Waals surface area (Å²) in [5.41, 5.74) is 2.25. The number of nitrogens with zero attached hydrogens (tertiary/aromatic N) is 1. The standard InChI is InChI=1S/C14H19NO4S/c1-11(16)12-4-5-14-13(10-12)6-7-15(14)20(17,18)9-3-8-19-2/h4-5,10H,3,6-9H2,1-2H3. The lowest BCUT2D eigenvalue weighted by molar-refractivity contribution is 0.101. The third kappa shape index (κ3) is 3.02. The molecule has 1 aromatic carbocycles. The van der Waals surface area contributed by atoms with E-state index in [-0.39, 0.29) is 11.5 Å². The zero-order valence-electron chi connectivity index (χ0n) is 11.8. The topological polar surface area (TPSA) is 63.7 Å². The van der Waals surface area contributed by atoms with E-state index in [4.69, 9.17) is 4.74 Å². The number of carbonyl (C=O) groups is 1. The summed E-state index contributed by atoms with van der Waals surface area (Å²) in [4.78, 5) is 11.4. The third-order valence-electron chi connectivity index (χ3n) is 3.43. The Morgan fingerprint density at radius 1 is 1.40 bits per heavy atom. The summed E-state index contributed by atoms with van der Waals surface area (Å²) < 4.78 is 30.9. The lowest BCUT2D eigenvalue weighted by Gasteiger charge is -2.19. The van der Waals surface area contributed by atoms with Crippen molar-refractivity contribution in [3.63, 3.8) is 0 Å². The molecule has 0 fully saturated rings. The monoisotopic (exact) mass is 297 g/mol. The Hall–Kier alpha value is -1.40. The van der Waals surface area contributed by atoms with E-state index in [1.165, 1.54) is 11.2 Å². The summed E-state index contributed by atoms with van der Waals surface area (Å²) in [6.07, 6.45) is 1.14. The Kier molecular flexibility index (Phi) is 4.45. The first kappa shape index (κ1) is 15.0. The summed E-state index contributed by atoms with van der Waals surface area (Å²) in [5, 5.41) is 0. The van der Waals surface area contributed by atoms with Gasteiger partial charge in [0.05, 0.1) is 11.4 Å². The zero-order valence-corrected chi connectivity index (χ0v) is 12.6. The third-order valence-corrected chi connectivity index (χ3v) is 5.28. The molecule has 110 valence electrons. The van der Waals surface area contributed by atoms with E-state index in [1.807, 2.05) is 0 Å². The van der Waals surface area contributed by atoms with Crippen LogP contribution in [0.3, 0.4) is 0 Å².